The first kappa shape index (κ1) is 15.3. The molecule has 0 aromatic carbocycles. The summed E-state index contributed by atoms with van der Waals surface area (Å²) in [5.41, 5.74) is 0.0398. The molecular weight excluding hydrogens is 243 g/mol. The van der Waals surface area contributed by atoms with Gasteiger partial charge in [-0.15, -0.1) is 0 Å². The molecule has 1 rings (SSSR count). The molecule has 0 aromatic heterocycles. The van der Waals surface area contributed by atoms with Crippen molar-refractivity contribution in [2.24, 2.45) is 11.3 Å². The highest BCUT2D eigenvalue weighted by atomic mass is 19.4. The van der Waals surface area contributed by atoms with Gasteiger partial charge < -0.3 is 10.2 Å². The number of nitrogens with one attached hydrogen (secondary N) is 1. The van der Waals surface area contributed by atoms with Crippen LogP contribution in [0.1, 0.15) is 19.8 Å². The molecular formula is C12H20F3N3. The van der Waals surface area contributed by atoms with Crippen molar-refractivity contribution in [1.29, 1.82) is 5.26 Å². The number of nitriles is 1. The standard InChI is InChI=1S/C12H20F3N3/c1-11(3-5-18(2)6-4-11)9-17-8-10(7-16)12(13,14)15/h10,17H,3-6,8-9H2,1-2H3. The Labute approximate surface area is 106 Å². The minimum absolute atomic E-state index is 0.0398. The predicted molar refractivity (Wildman–Crippen MR) is 62.9 cm³/mol. The fourth-order valence-electron chi connectivity index (χ4n) is 2.09. The zero-order chi connectivity index (χ0) is 13.8. The fourth-order valence-corrected chi connectivity index (χ4v) is 2.09. The number of hydrogen-bond acceptors (Lipinski definition) is 3. The van der Waals surface area contributed by atoms with E-state index in [0.29, 0.717) is 6.54 Å². The first-order valence-electron chi connectivity index (χ1n) is 6.12. The van der Waals surface area contributed by atoms with Crippen molar-refractivity contribution >= 4 is 0 Å². The summed E-state index contributed by atoms with van der Waals surface area (Å²) in [4.78, 5) is 2.22. The number of nitrogens with zero attached hydrogens (tertiary/aromatic N) is 2. The van der Waals surface area contributed by atoms with E-state index >= 15 is 0 Å². The highest BCUT2D eigenvalue weighted by molar-refractivity contribution is 4.91. The second-order valence-electron chi connectivity index (χ2n) is 5.47. The van der Waals surface area contributed by atoms with Crippen LogP contribution in [0.5, 0.6) is 0 Å². The summed E-state index contributed by atoms with van der Waals surface area (Å²) in [6.07, 6.45) is -2.49. The van der Waals surface area contributed by atoms with Crippen LogP contribution >= 0.6 is 0 Å². The Bertz CT molecular complexity index is 301. The van der Waals surface area contributed by atoms with Crippen LogP contribution in [-0.4, -0.2) is 44.3 Å². The second-order valence-corrected chi connectivity index (χ2v) is 5.47. The summed E-state index contributed by atoms with van der Waals surface area (Å²) in [6, 6.07) is 1.30. The Kier molecular flexibility index (Phi) is 5.00. The van der Waals surface area contributed by atoms with Crippen molar-refractivity contribution in [1.82, 2.24) is 10.2 Å². The maximum atomic E-state index is 12.4. The van der Waals surface area contributed by atoms with Crippen molar-refractivity contribution in [2.75, 3.05) is 33.2 Å². The average molecular weight is 263 g/mol. The van der Waals surface area contributed by atoms with Crippen molar-refractivity contribution in [3.8, 4) is 6.07 Å². The van der Waals surface area contributed by atoms with E-state index in [4.69, 9.17) is 5.26 Å². The lowest BCUT2D eigenvalue weighted by Crippen LogP contribution is -2.44. The summed E-state index contributed by atoms with van der Waals surface area (Å²) in [5.74, 6) is -1.91. The molecule has 1 saturated heterocycles. The molecule has 6 heteroatoms. The Morgan fingerprint density at radius 1 is 1.39 bits per heavy atom. The molecule has 0 bridgehead atoms. The van der Waals surface area contributed by atoms with Crippen molar-refractivity contribution in [3.05, 3.63) is 0 Å². The summed E-state index contributed by atoms with van der Waals surface area (Å²) >= 11 is 0. The van der Waals surface area contributed by atoms with Crippen molar-refractivity contribution in [2.45, 2.75) is 25.9 Å². The van der Waals surface area contributed by atoms with Gasteiger partial charge in [0.25, 0.3) is 0 Å². The Morgan fingerprint density at radius 3 is 2.39 bits per heavy atom. The summed E-state index contributed by atoms with van der Waals surface area (Å²) in [5, 5.41) is 11.3. The van der Waals surface area contributed by atoms with Crippen LogP contribution < -0.4 is 5.32 Å². The maximum absolute atomic E-state index is 12.4. The zero-order valence-corrected chi connectivity index (χ0v) is 10.8. The molecule has 18 heavy (non-hydrogen) atoms. The molecule has 0 aliphatic carbocycles. The molecule has 104 valence electrons. The number of hydrogen-bond donors (Lipinski definition) is 1. The molecule has 1 atom stereocenters. The topological polar surface area (TPSA) is 39.1 Å². The monoisotopic (exact) mass is 263 g/mol. The summed E-state index contributed by atoms with van der Waals surface area (Å²) < 4.78 is 37.1. The van der Waals surface area contributed by atoms with E-state index in [1.807, 2.05) is 7.05 Å². The van der Waals surface area contributed by atoms with Gasteiger partial charge in [0.1, 0.15) is 0 Å². The molecule has 0 aromatic rings. The summed E-state index contributed by atoms with van der Waals surface area (Å²) in [6.45, 7) is 4.25. The third-order valence-corrected chi connectivity index (χ3v) is 3.65. The number of piperidine rings is 1. The van der Waals surface area contributed by atoms with Crippen LogP contribution in [0.2, 0.25) is 0 Å². The molecule has 1 heterocycles. The number of halogens is 3. The number of rotatable bonds is 4. The minimum atomic E-state index is -4.44. The van der Waals surface area contributed by atoms with E-state index in [1.54, 1.807) is 0 Å². The van der Waals surface area contributed by atoms with Crippen LogP contribution in [0.15, 0.2) is 0 Å². The van der Waals surface area contributed by atoms with Gasteiger partial charge in [0.05, 0.1) is 6.07 Å². The van der Waals surface area contributed by atoms with Gasteiger partial charge in [0.15, 0.2) is 5.92 Å². The molecule has 0 amide bonds. The van der Waals surface area contributed by atoms with Gasteiger partial charge in [-0.1, -0.05) is 6.92 Å². The highest BCUT2D eigenvalue weighted by Gasteiger charge is 2.40. The maximum Gasteiger partial charge on any atom is 0.405 e. The molecule has 0 saturated carbocycles. The Balaban J connectivity index is 2.35. The van der Waals surface area contributed by atoms with Gasteiger partial charge >= 0.3 is 6.18 Å². The average Bonchev–Trinajstić information content (AvgIpc) is 2.27. The van der Waals surface area contributed by atoms with Crippen molar-refractivity contribution in [3.63, 3.8) is 0 Å². The highest BCUT2D eigenvalue weighted by Crippen LogP contribution is 2.30. The Morgan fingerprint density at radius 2 is 1.94 bits per heavy atom. The quantitative estimate of drug-likeness (QED) is 0.843. The van der Waals surface area contributed by atoms with E-state index < -0.39 is 12.1 Å². The van der Waals surface area contributed by atoms with Gasteiger partial charge in [-0.25, -0.2) is 0 Å². The van der Waals surface area contributed by atoms with E-state index in [0.717, 1.165) is 25.9 Å². The molecule has 1 aliphatic rings. The first-order chi connectivity index (χ1) is 8.27. The van der Waals surface area contributed by atoms with E-state index in [2.05, 4.69) is 17.1 Å². The van der Waals surface area contributed by atoms with Crippen LogP contribution in [0, 0.1) is 22.7 Å². The third-order valence-electron chi connectivity index (χ3n) is 3.65. The SMILES string of the molecule is CN1CCC(C)(CNCC(C#N)C(F)(F)F)CC1. The van der Waals surface area contributed by atoms with Gasteiger partial charge in [0.2, 0.25) is 0 Å². The van der Waals surface area contributed by atoms with Crippen LogP contribution in [0.4, 0.5) is 13.2 Å². The largest absolute Gasteiger partial charge is 0.405 e. The van der Waals surface area contributed by atoms with Gasteiger partial charge in [0, 0.05) is 13.1 Å². The fraction of sp³-hybridized carbons (Fsp3) is 0.917. The molecule has 0 radical (unpaired) electrons. The van der Waals surface area contributed by atoms with Crippen LogP contribution in [-0.2, 0) is 0 Å². The van der Waals surface area contributed by atoms with Crippen molar-refractivity contribution < 1.29 is 13.2 Å². The molecule has 1 unspecified atom stereocenters. The molecule has 0 spiro atoms. The first-order valence-corrected chi connectivity index (χ1v) is 6.12. The molecule has 1 fully saturated rings. The lowest BCUT2D eigenvalue weighted by atomic mass is 9.80. The summed E-state index contributed by atoms with van der Waals surface area (Å²) in [7, 11) is 2.04. The molecule has 1 N–H and O–H groups in total. The predicted octanol–water partition coefficient (Wildman–Crippen LogP) is 2.01. The number of alkyl halides is 3. The lowest BCUT2D eigenvalue weighted by Gasteiger charge is -2.38. The zero-order valence-electron chi connectivity index (χ0n) is 10.8. The third kappa shape index (κ3) is 4.46. The van der Waals surface area contributed by atoms with E-state index in [9.17, 15) is 13.2 Å². The lowest BCUT2D eigenvalue weighted by molar-refractivity contribution is -0.157. The van der Waals surface area contributed by atoms with E-state index in [-0.39, 0.29) is 12.0 Å². The molecule has 1 aliphatic heterocycles. The van der Waals surface area contributed by atoms with Gasteiger partial charge in [-0.2, -0.15) is 18.4 Å². The second kappa shape index (κ2) is 5.89. The van der Waals surface area contributed by atoms with E-state index in [1.165, 1.54) is 6.07 Å². The van der Waals surface area contributed by atoms with Gasteiger partial charge in [-0.05, 0) is 38.4 Å². The number of likely N-dealkylation sites (tertiary alicyclic amines) is 1. The van der Waals surface area contributed by atoms with Crippen LogP contribution in [0.3, 0.4) is 0 Å². The van der Waals surface area contributed by atoms with Gasteiger partial charge in [-0.3, -0.25) is 0 Å². The normalized spacial score (nSPS) is 22.4. The van der Waals surface area contributed by atoms with Crippen LogP contribution in [0.25, 0.3) is 0 Å². The Hall–Kier alpha value is -0.800. The molecule has 3 nitrogen and oxygen atoms in total. The smallest absolute Gasteiger partial charge is 0.315 e. The minimum Gasteiger partial charge on any atom is -0.315 e.